The van der Waals surface area contributed by atoms with Gasteiger partial charge in [0.15, 0.2) is 0 Å². The second-order valence-electron chi connectivity index (χ2n) is 4.09. The van der Waals surface area contributed by atoms with Crippen LogP contribution in [-0.2, 0) is 4.79 Å². The van der Waals surface area contributed by atoms with Crippen molar-refractivity contribution in [2.75, 3.05) is 18.4 Å². The maximum Gasteiger partial charge on any atom is 0.324 e. The standard InChI is InChI=1S/C11H19BrN2O2/c12-7-5-3-1-2-4-6-8-14-9-10(15)13-11(14)16/h1-9H2,(H,13,15,16). The summed E-state index contributed by atoms with van der Waals surface area (Å²) in [6.07, 6.45) is 7.12. The molecule has 16 heavy (non-hydrogen) atoms. The highest BCUT2D eigenvalue weighted by Crippen LogP contribution is 2.08. The molecule has 0 radical (unpaired) electrons. The van der Waals surface area contributed by atoms with Gasteiger partial charge in [-0.25, -0.2) is 4.79 Å². The van der Waals surface area contributed by atoms with Gasteiger partial charge in [-0.2, -0.15) is 0 Å². The molecule has 0 aromatic rings. The highest BCUT2D eigenvalue weighted by molar-refractivity contribution is 9.09. The molecule has 1 fully saturated rings. The fourth-order valence-electron chi connectivity index (χ4n) is 1.77. The molecule has 0 aliphatic carbocycles. The molecule has 92 valence electrons. The van der Waals surface area contributed by atoms with Crippen molar-refractivity contribution in [3.63, 3.8) is 0 Å². The van der Waals surface area contributed by atoms with Crippen molar-refractivity contribution >= 4 is 27.9 Å². The molecule has 1 N–H and O–H groups in total. The molecule has 1 aliphatic rings. The van der Waals surface area contributed by atoms with Gasteiger partial charge in [-0.15, -0.1) is 0 Å². The van der Waals surface area contributed by atoms with Gasteiger partial charge in [0, 0.05) is 11.9 Å². The van der Waals surface area contributed by atoms with E-state index in [0.29, 0.717) is 6.54 Å². The van der Waals surface area contributed by atoms with Crippen LogP contribution in [0, 0.1) is 0 Å². The van der Waals surface area contributed by atoms with Gasteiger partial charge >= 0.3 is 6.03 Å². The first-order valence-corrected chi connectivity index (χ1v) is 7.01. The molecule has 5 heteroatoms. The van der Waals surface area contributed by atoms with Gasteiger partial charge in [-0.1, -0.05) is 41.6 Å². The zero-order valence-corrected chi connectivity index (χ0v) is 11.1. The summed E-state index contributed by atoms with van der Waals surface area (Å²) in [5, 5.41) is 3.36. The molecule has 1 aliphatic heterocycles. The van der Waals surface area contributed by atoms with Gasteiger partial charge in [0.05, 0.1) is 0 Å². The summed E-state index contributed by atoms with van der Waals surface area (Å²) < 4.78 is 0. The minimum atomic E-state index is -0.232. The Hall–Kier alpha value is -0.580. The smallest absolute Gasteiger partial charge is 0.315 e. The Kier molecular flexibility index (Phi) is 6.45. The molecular weight excluding hydrogens is 272 g/mol. The van der Waals surface area contributed by atoms with E-state index >= 15 is 0 Å². The lowest BCUT2D eigenvalue weighted by atomic mass is 10.1. The lowest BCUT2D eigenvalue weighted by molar-refractivity contribution is -0.118. The summed E-state index contributed by atoms with van der Waals surface area (Å²) in [5.41, 5.74) is 0. The summed E-state index contributed by atoms with van der Waals surface area (Å²) in [7, 11) is 0. The Morgan fingerprint density at radius 3 is 2.25 bits per heavy atom. The average molecular weight is 291 g/mol. The number of hydrogen-bond acceptors (Lipinski definition) is 2. The number of nitrogens with one attached hydrogen (secondary N) is 1. The first-order valence-electron chi connectivity index (χ1n) is 5.89. The SMILES string of the molecule is O=C1CN(CCCCCCCCBr)C(=O)N1. The molecule has 0 unspecified atom stereocenters. The molecule has 0 aromatic carbocycles. The first kappa shape index (κ1) is 13.5. The molecule has 0 bridgehead atoms. The fourth-order valence-corrected chi connectivity index (χ4v) is 2.16. The second-order valence-corrected chi connectivity index (χ2v) is 4.88. The van der Waals surface area contributed by atoms with Crippen LogP contribution < -0.4 is 5.32 Å². The van der Waals surface area contributed by atoms with Crippen LogP contribution >= 0.6 is 15.9 Å². The Balaban J connectivity index is 1.95. The molecule has 0 spiro atoms. The summed E-state index contributed by atoms with van der Waals surface area (Å²) in [5.74, 6) is -0.178. The van der Waals surface area contributed by atoms with Crippen LogP contribution in [0.15, 0.2) is 0 Å². The van der Waals surface area contributed by atoms with Crippen LogP contribution in [0.2, 0.25) is 0 Å². The second kappa shape index (κ2) is 7.65. The molecule has 1 heterocycles. The van der Waals surface area contributed by atoms with Crippen molar-refractivity contribution in [3.05, 3.63) is 0 Å². The van der Waals surface area contributed by atoms with Gasteiger partial charge < -0.3 is 4.90 Å². The van der Waals surface area contributed by atoms with Crippen LogP contribution in [0.3, 0.4) is 0 Å². The van der Waals surface area contributed by atoms with Crippen molar-refractivity contribution in [2.45, 2.75) is 38.5 Å². The number of halogens is 1. The maximum atomic E-state index is 11.2. The van der Waals surface area contributed by atoms with Gasteiger partial charge in [0.2, 0.25) is 5.91 Å². The van der Waals surface area contributed by atoms with E-state index in [0.717, 1.165) is 18.2 Å². The number of carbonyl (C=O) groups is 2. The number of alkyl halides is 1. The van der Waals surface area contributed by atoms with E-state index < -0.39 is 0 Å². The van der Waals surface area contributed by atoms with E-state index in [-0.39, 0.29) is 18.5 Å². The number of urea groups is 1. The number of rotatable bonds is 8. The maximum absolute atomic E-state index is 11.2. The molecule has 1 saturated heterocycles. The highest BCUT2D eigenvalue weighted by Gasteiger charge is 2.25. The molecular formula is C11H19BrN2O2. The molecule has 0 atom stereocenters. The van der Waals surface area contributed by atoms with Crippen molar-refractivity contribution in [1.82, 2.24) is 10.2 Å². The number of nitrogens with zero attached hydrogens (tertiary/aromatic N) is 1. The van der Waals surface area contributed by atoms with E-state index in [1.165, 1.54) is 25.7 Å². The Morgan fingerprint density at radius 2 is 1.69 bits per heavy atom. The third-order valence-electron chi connectivity index (χ3n) is 2.68. The van der Waals surface area contributed by atoms with E-state index in [1.807, 2.05) is 0 Å². The van der Waals surface area contributed by atoms with Crippen LogP contribution in [0.1, 0.15) is 38.5 Å². The summed E-state index contributed by atoms with van der Waals surface area (Å²) >= 11 is 3.41. The quantitative estimate of drug-likeness (QED) is 0.424. The van der Waals surface area contributed by atoms with Gasteiger partial charge in [-0.05, 0) is 12.8 Å². The third-order valence-corrected chi connectivity index (χ3v) is 3.24. The number of amides is 3. The lowest BCUT2D eigenvalue weighted by Crippen LogP contribution is -2.29. The molecule has 0 aromatic heterocycles. The van der Waals surface area contributed by atoms with Crippen molar-refractivity contribution in [1.29, 1.82) is 0 Å². The number of unbranched alkanes of at least 4 members (excludes halogenated alkanes) is 5. The predicted molar refractivity (Wildman–Crippen MR) is 66.6 cm³/mol. The summed E-state index contributed by atoms with van der Waals surface area (Å²) in [4.78, 5) is 23.7. The minimum absolute atomic E-state index is 0.178. The Bertz CT molecular complexity index is 246. The van der Waals surface area contributed by atoms with Crippen LogP contribution in [0.4, 0.5) is 4.79 Å². The van der Waals surface area contributed by atoms with Crippen molar-refractivity contribution in [2.24, 2.45) is 0 Å². The van der Waals surface area contributed by atoms with E-state index in [4.69, 9.17) is 0 Å². The van der Waals surface area contributed by atoms with E-state index in [9.17, 15) is 9.59 Å². The summed E-state index contributed by atoms with van der Waals surface area (Å²) in [6.45, 7) is 0.943. The number of carbonyl (C=O) groups excluding carboxylic acids is 2. The number of imide groups is 1. The normalized spacial score (nSPS) is 15.7. The largest absolute Gasteiger partial charge is 0.324 e. The van der Waals surface area contributed by atoms with Gasteiger partial charge in [0.1, 0.15) is 6.54 Å². The molecule has 4 nitrogen and oxygen atoms in total. The van der Waals surface area contributed by atoms with Crippen LogP contribution in [-0.4, -0.2) is 35.3 Å². The monoisotopic (exact) mass is 290 g/mol. The summed E-state index contributed by atoms with van der Waals surface area (Å²) in [6, 6.07) is -0.232. The highest BCUT2D eigenvalue weighted by atomic mass is 79.9. The van der Waals surface area contributed by atoms with Crippen molar-refractivity contribution < 1.29 is 9.59 Å². The predicted octanol–water partition coefficient (Wildman–Crippen LogP) is 2.27. The van der Waals surface area contributed by atoms with Crippen LogP contribution in [0.5, 0.6) is 0 Å². The Morgan fingerprint density at radius 1 is 1.06 bits per heavy atom. The first-order chi connectivity index (χ1) is 7.74. The topological polar surface area (TPSA) is 49.4 Å². The molecule has 0 saturated carbocycles. The zero-order chi connectivity index (χ0) is 11.8. The van der Waals surface area contributed by atoms with Crippen LogP contribution in [0.25, 0.3) is 0 Å². The van der Waals surface area contributed by atoms with E-state index in [1.54, 1.807) is 4.90 Å². The Labute approximate surface area is 105 Å². The van der Waals surface area contributed by atoms with Gasteiger partial charge in [0.25, 0.3) is 0 Å². The van der Waals surface area contributed by atoms with Crippen molar-refractivity contribution in [3.8, 4) is 0 Å². The third kappa shape index (κ3) is 4.96. The zero-order valence-electron chi connectivity index (χ0n) is 9.51. The lowest BCUT2D eigenvalue weighted by Gasteiger charge is -2.12. The molecule has 3 amide bonds. The minimum Gasteiger partial charge on any atom is -0.315 e. The molecule has 1 rings (SSSR count). The fraction of sp³-hybridized carbons (Fsp3) is 0.818. The average Bonchev–Trinajstić information content (AvgIpc) is 2.56. The number of hydrogen-bond donors (Lipinski definition) is 1. The van der Waals surface area contributed by atoms with Gasteiger partial charge in [-0.3, -0.25) is 10.1 Å². The van der Waals surface area contributed by atoms with E-state index in [2.05, 4.69) is 21.2 Å².